The van der Waals surface area contributed by atoms with Crippen LogP contribution in [0.1, 0.15) is 0 Å². The van der Waals surface area contributed by atoms with Gasteiger partial charge in [-0.1, -0.05) is 98.2 Å². The molecule has 4 rings (SSSR count). The fraction of sp³-hybridized carbons (Fsp3) is 0.286. The largest absolute Gasteiger partial charge is 0.290 e. The summed E-state index contributed by atoms with van der Waals surface area (Å²) in [4.78, 5) is 1.11. The Bertz CT molecular complexity index is 1400. The van der Waals surface area contributed by atoms with Gasteiger partial charge >= 0.3 is 0 Å². The Morgan fingerprint density at radius 1 is 0.556 bits per heavy atom. The molecule has 0 fully saturated rings. The van der Waals surface area contributed by atoms with Crippen LogP contribution in [0.15, 0.2) is 70.5 Å². The molecule has 0 bridgehead atoms. The Hall–Kier alpha value is -1.95. The third-order valence-electron chi connectivity index (χ3n) is 6.61. The van der Waals surface area contributed by atoms with Crippen molar-refractivity contribution < 1.29 is 16.8 Å². The highest BCUT2D eigenvalue weighted by Gasteiger charge is 2.25. The van der Waals surface area contributed by atoms with Gasteiger partial charge in [0, 0.05) is 11.1 Å². The van der Waals surface area contributed by atoms with Gasteiger partial charge in [-0.15, -0.1) is 0 Å². The SMILES string of the molecule is COS(=O)c1ccc2cc([Si](C)(C)C)ccc2c1-c1c(S(=O)OC)ccc2cc([Si](C)(C)C)ccc12. The zero-order valence-electron chi connectivity index (χ0n) is 22.2. The molecule has 0 saturated carbocycles. The highest BCUT2D eigenvalue weighted by atomic mass is 32.2. The number of hydrogen-bond donors (Lipinski definition) is 0. The van der Waals surface area contributed by atoms with Crippen molar-refractivity contribution in [2.45, 2.75) is 49.1 Å². The highest BCUT2D eigenvalue weighted by molar-refractivity contribution is 7.80. The molecule has 0 N–H and O–H groups in total. The topological polar surface area (TPSA) is 52.6 Å². The Kier molecular flexibility index (Phi) is 7.59. The van der Waals surface area contributed by atoms with Crippen LogP contribution in [0.2, 0.25) is 39.3 Å². The lowest BCUT2D eigenvalue weighted by molar-refractivity contribution is 0.445. The molecule has 2 unspecified atom stereocenters. The molecule has 0 aromatic heterocycles. The summed E-state index contributed by atoms with van der Waals surface area (Å²) in [5, 5.41) is 6.73. The summed E-state index contributed by atoms with van der Waals surface area (Å²) in [6.45, 7) is 13.9. The Morgan fingerprint density at radius 3 is 1.22 bits per heavy atom. The summed E-state index contributed by atoms with van der Waals surface area (Å²) in [6, 6.07) is 20.8. The number of fused-ring (bicyclic) bond motifs is 2. The minimum absolute atomic E-state index is 0.557. The predicted octanol–water partition coefficient (Wildman–Crippen LogP) is 6.09. The molecule has 0 aliphatic rings. The van der Waals surface area contributed by atoms with Crippen LogP contribution >= 0.6 is 0 Å². The maximum atomic E-state index is 13.1. The Labute approximate surface area is 221 Å². The molecule has 4 aromatic rings. The number of rotatable bonds is 7. The lowest BCUT2D eigenvalue weighted by atomic mass is 9.93. The van der Waals surface area contributed by atoms with Gasteiger partial charge in [0.05, 0.1) is 40.2 Å². The Balaban J connectivity index is 2.18. The second-order valence-corrected chi connectivity index (χ2v) is 23.7. The van der Waals surface area contributed by atoms with Crippen LogP contribution in [0.4, 0.5) is 0 Å². The van der Waals surface area contributed by atoms with Crippen LogP contribution in [0.5, 0.6) is 0 Å². The molecule has 36 heavy (non-hydrogen) atoms. The fourth-order valence-corrected chi connectivity index (χ4v) is 8.34. The van der Waals surface area contributed by atoms with Crippen molar-refractivity contribution in [3.05, 3.63) is 60.7 Å². The van der Waals surface area contributed by atoms with E-state index in [4.69, 9.17) is 8.37 Å². The predicted molar refractivity (Wildman–Crippen MR) is 160 cm³/mol. The molecule has 2 atom stereocenters. The van der Waals surface area contributed by atoms with Gasteiger partial charge in [0.25, 0.3) is 0 Å². The first kappa shape index (κ1) is 27.1. The average Bonchev–Trinajstić information content (AvgIpc) is 2.84. The van der Waals surface area contributed by atoms with Gasteiger partial charge in [0.2, 0.25) is 0 Å². The van der Waals surface area contributed by atoms with E-state index >= 15 is 0 Å². The van der Waals surface area contributed by atoms with Crippen molar-refractivity contribution in [1.29, 1.82) is 0 Å². The minimum Gasteiger partial charge on any atom is -0.290 e. The van der Waals surface area contributed by atoms with Gasteiger partial charge in [0.15, 0.2) is 22.2 Å². The van der Waals surface area contributed by atoms with E-state index in [9.17, 15) is 8.42 Å². The standard InChI is InChI=1S/C28H34O4S2Si2/c1-31-33(29)25-15-9-19-17-21(35(3,4)5)11-13-23(19)27(25)28-24-14-12-22(36(6,7)8)18-20(24)10-16-26(28)34(30)32-2/h9-18H,1-8H3. The fourth-order valence-electron chi connectivity index (χ4n) is 4.53. The van der Waals surface area contributed by atoms with E-state index in [-0.39, 0.29) is 0 Å². The number of benzene rings is 4. The summed E-state index contributed by atoms with van der Waals surface area (Å²) >= 11 is -3.38. The summed E-state index contributed by atoms with van der Waals surface area (Å²) < 4.78 is 36.9. The van der Waals surface area contributed by atoms with E-state index < -0.39 is 38.3 Å². The van der Waals surface area contributed by atoms with Crippen molar-refractivity contribution in [3.8, 4) is 11.1 Å². The molecule has 0 saturated heterocycles. The van der Waals surface area contributed by atoms with Crippen molar-refractivity contribution in [2.75, 3.05) is 14.2 Å². The maximum absolute atomic E-state index is 13.1. The second kappa shape index (κ2) is 10.1. The average molecular weight is 555 g/mol. The van der Waals surface area contributed by atoms with Crippen molar-refractivity contribution in [1.82, 2.24) is 0 Å². The minimum atomic E-state index is -1.69. The van der Waals surface area contributed by atoms with E-state index in [1.54, 1.807) is 0 Å². The molecule has 0 aliphatic carbocycles. The van der Waals surface area contributed by atoms with E-state index in [1.807, 2.05) is 24.3 Å². The highest BCUT2D eigenvalue weighted by Crippen LogP contribution is 2.41. The van der Waals surface area contributed by atoms with Crippen molar-refractivity contribution in [2.24, 2.45) is 0 Å². The van der Waals surface area contributed by atoms with Gasteiger partial charge in [-0.2, -0.15) is 0 Å². The molecule has 4 nitrogen and oxygen atoms in total. The summed E-state index contributed by atoms with van der Waals surface area (Å²) in [5.74, 6) is 0. The first-order valence-electron chi connectivity index (χ1n) is 11.9. The molecule has 0 amide bonds. The van der Waals surface area contributed by atoms with E-state index in [1.165, 1.54) is 24.6 Å². The molecule has 8 heteroatoms. The van der Waals surface area contributed by atoms with Crippen molar-refractivity contribution in [3.63, 3.8) is 0 Å². The van der Waals surface area contributed by atoms with Crippen LogP contribution < -0.4 is 10.4 Å². The van der Waals surface area contributed by atoms with Crippen molar-refractivity contribution >= 4 is 70.2 Å². The third-order valence-corrected chi connectivity index (χ3v) is 12.7. The molecule has 0 radical (unpaired) electrons. The molecule has 0 spiro atoms. The molecule has 190 valence electrons. The van der Waals surface area contributed by atoms with Crippen LogP contribution in [0.25, 0.3) is 32.7 Å². The quantitative estimate of drug-likeness (QED) is 0.260. The lowest BCUT2D eigenvalue weighted by Gasteiger charge is -2.22. The number of hydrogen-bond acceptors (Lipinski definition) is 4. The van der Waals surface area contributed by atoms with Crippen LogP contribution in [0.3, 0.4) is 0 Å². The second-order valence-electron chi connectivity index (χ2n) is 11.1. The first-order valence-corrected chi connectivity index (χ1v) is 21.1. The lowest BCUT2D eigenvalue weighted by Crippen LogP contribution is -2.37. The van der Waals surface area contributed by atoms with E-state index in [2.05, 4.69) is 75.7 Å². The van der Waals surface area contributed by atoms with Gasteiger partial charge < -0.3 is 0 Å². The summed E-state index contributed by atoms with van der Waals surface area (Å²) in [7, 11) is -0.202. The zero-order valence-corrected chi connectivity index (χ0v) is 25.9. The van der Waals surface area contributed by atoms with Crippen LogP contribution in [-0.2, 0) is 30.5 Å². The molecular formula is C28H34O4S2Si2. The van der Waals surface area contributed by atoms with Crippen LogP contribution in [-0.4, -0.2) is 38.8 Å². The van der Waals surface area contributed by atoms with Gasteiger partial charge in [-0.3, -0.25) is 8.37 Å². The maximum Gasteiger partial charge on any atom is 0.189 e. The summed E-state index contributed by atoms with van der Waals surface area (Å²) in [6.07, 6.45) is 0. The van der Waals surface area contributed by atoms with Gasteiger partial charge in [0.1, 0.15) is 0 Å². The monoisotopic (exact) mass is 554 g/mol. The van der Waals surface area contributed by atoms with Gasteiger partial charge in [-0.25, -0.2) is 8.42 Å². The van der Waals surface area contributed by atoms with E-state index in [0.29, 0.717) is 9.79 Å². The molecule has 0 aliphatic heterocycles. The van der Waals surface area contributed by atoms with Crippen LogP contribution in [0, 0.1) is 0 Å². The Morgan fingerprint density at radius 2 is 0.917 bits per heavy atom. The molecule has 4 aromatic carbocycles. The molecule has 0 heterocycles. The normalized spacial score (nSPS) is 14.3. The molecular weight excluding hydrogens is 521 g/mol. The van der Waals surface area contributed by atoms with Gasteiger partial charge in [-0.05, 0) is 33.7 Å². The smallest absolute Gasteiger partial charge is 0.189 e. The summed E-state index contributed by atoms with van der Waals surface area (Å²) in [5.41, 5.74) is 1.56. The van der Waals surface area contributed by atoms with E-state index in [0.717, 1.165) is 32.7 Å². The first-order chi connectivity index (χ1) is 16.9. The zero-order chi connectivity index (χ0) is 26.4. The third kappa shape index (κ3) is 5.07.